The van der Waals surface area contributed by atoms with Gasteiger partial charge in [0.15, 0.2) is 0 Å². The number of ether oxygens (including phenoxy) is 1. The molecule has 0 unspecified atom stereocenters. The van der Waals surface area contributed by atoms with Gasteiger partial charge in [0.25, 0.3) is 0 Å². The van der Waals surface area contributed by atoms with Crippen LogP contribution in [0.25, 0.3) is 0 Å². The van der Waals surface area contributed by atoms with E-state index >= 15 is 0 Å². The van der Waals surface area contributed by atoms with Gasteiger partial charge >= 0.3 is 0 Å². The number of rotatable bonds is 14. The monoisotopic (exact) mass is 266 g/mol. The fourth-order valence-electron chi connectivity index (χ4n) is 1.62. The summed E-state index contributed by atoms with van der Waals surface area (Å²) in [5.41, 5.74) is 6.02. The molecule has 0 fully saturated rings. The van der Waals surface area contributed by atoms with Crippen LogP contribution < -0.4 is 10.9 Å². The average Bonchev–Trinajstić information content (AvgIpc) is 2.43. The van der Waals surface area contributed by atoms with Crippen LogP contribution in [-0.2, 0) is 4.74 Å². The van der Waals surface area contributed by atoms with E-state index < -0.39 is 0 Å². The summed E-state index contributed by atoms with van der Waals surface area (Å²) in [5.74, 6) is 0. The third-order valence-corrected chi connectivity index (χ3v) is 2.66. The van der Waals surface area contributed by atoms with E-state index in [2.05, 4.69) is 35.7 Å². The maximum Gasteiger partial charge on any atom is 0.0500 e. The van der Waals surface area contributed by atoms with Crippen molar-refractivity contribution in [3.8, 4) is 0 Å². The molecule has 0 aliphatic carbocycles. The summed E-state index contributed by atoms with van der Waals surface area (Å²) >= 11 is 0. The van der Waals surface area contributed by atoms with Gasteiger partial charge in [-0.05, 0) is 32.7 Å². The molecule has 2 N–H and O–H groups in total. The summed E-state index contributed by atoms with van der Waals surface area (Å²) in [4.78, 5) is 0. The number of nitrogens with one attached hydrogen (secondary N) is 2. The second-order valence-corrected chi connectivity index (χ2v) is 4.36. The Morgan fingerprint density at radius 2 is 1.84 bits per heavy atom. The molecule has 0 amide bonds. The number of hydrazine groups is 1. The van der Waals surface area contributed by atoms with Crippen molar-refractivity contribution in [2.45, 2.75) is 38.5 Å². The smallest absolute Gasteiger partial charge is 0.0500 e. The summed E-state index contributed by atoms with van der Waals surface area (Å²) in [6.07, 6.45) is 17.1. The second kappa shape index (κ2) is 17.1. The molecule has 0 aliphatic heterocycles. The van der Waals surface area contributed by atoms with Gasteiger partial charge in [-0.15, -0.1) is 0 Å². The summed E-state index contributed by atoms with van der Waals surface area (Å²) < 4.78 is 5.58. The van der Waals surface area contributed by atoms with Crippen LogP contribution in [0, 0.1) is 0 Å². The van der Waals surface area contributed by atoms with E-state index in [1.54, 1.807) is 6.08 Å². The van der Waals surface area contributed by atoms with Crippen molar-refractivity contribution in [1.82, 2.24) is 10.9 Å². The molecule has 0 heterocycles. The van der Waals surface area contributed by atoms with Crippen molar-refractivity contribution in [3.63, 3.8) is 0 Å². The Morgan fingerprint density at radius 3 is 2.63 bits per heavy atom. The number of hydrogen-bond acceptors (Lipinski definition) is 3. The van der Waals surface area contributed by atoms with Gasteiger partial charge in [0, 0.05) is 13.2 Å². The first kappa shape index (κ1) is 18.1. The van der Waals surface area contributed by atoms with Gasteiger partial charge in [0.1, 0.15) is 0 Å². The first-order valence-corrected chi connectivity index (χ1v) is 7.31. The van der Waals surface area contributed by atoms with E-state index in [1.165, 1.54) is 25.7 Å². The third kappa shape index (κ3) is 17.1. The van der Waals surface area contributed by atoms with Crippen LogP contribution in [0.5, 0.6) is 0 Å². The van der Waals surface area contributed by atoms with Crippen LogP contribution in [0.2, 0.25) is 0 Å². The van der Waals surface area contributed by atoms with Crippen LogP contribution in [0.3, 0.4) is 0 Å². The fraction of sp³-hybridized carbons (Fsp3) is 0.625. The predicted molar refractivity (Wildman–Crippen MR) is 84.1 cm³/mol. The number of hydrogen-bond donors (Lipinski definition) is 2. The van der Waals surface area contributed by atoms with Gasteiger partial charge in [0.2, 0.25) is 0 Å². The maximum absolute atomic E-state index is 5.58. The van der Waals surface area contributed by atoms with E-state index in [-0.39, 0.29) is 0 Å². The highest BCUT2D eigenvalue weighted by molar-refractivity contribution is 5.00. The van der Waals surface area contributed by atoms with E-state index in [4.69, 9.17) is 4.74 Å². The molecule has 0 aromatic carbocycles. The Kier molecular flexibility index (Phi) is 16.3. The lowest BCUT2D eigenvalue weighted by molar-refractivity contribution is 0.134. The van der Waals surface area contributed by atoms with Gasteiger partial charge in [-0.3, -0.25) is 10.9 Å². The standard InChI is InChI=1S/C16H30N2O/c1-3-4-5-6-7-9-12-15-19-16-13-10-8-11-14-18-17-2/h3-5,7,9,17-18H,1,6,8,10-16H2,2H3/b5-4-,9-7-. The van der Waals surface area contributed by atoms with Gasteiger partial charge < -0.3 is 4.74 Å². The quantitative estimate of drug-likeness (QED) is 0.219. The maximum atomic E-state index is 5.58. The number of unbranched alkanes of at least 4 members (excludes halogenated alkanes) is 3. The highest BCUT2D eigenvalue weighted by atomic mass is 16.5. The van der Waals surface area contributed by atoms with Crippen LogP contribution >= 0.6 is 0 Å². The first-order valence-electron chi connectivity index (χ1n) is 7.31. The Morgan fingerprint density at radius 1 is 1.00 bits per heavy atom. The molecule has 0 saturated carbocycles. The first-order chi connectivity index (χ1) is 9.41. The van der Waals surface area contributed by atoms with Gasteiger partial charge in [-0.25, -0.2) is 0 Å². The lowest BCUT2D eigenvalue weighted by Gasteiger charge is -2.03. The molecule has 0 rings (SSSR count). The van der Waals surface area contributed by atoms with E-state index in [0.717, 1.165) is 32.6 Å². The Bertz CT molecular complexity index is 237. The molecular weight excluding hydrogens is 236 g/mol. The zero-order valence-corrected chi connectivity index (χ0v) is 12.4. The zero-order valence-electron chi connectivity index (χ0n) is 12.4. The Balaban J connectivity index is 3.06. The minimum absolute atomic E-state index is 0.836. The molecule has 0 aromatic heterocycles. The Labute approximate surface area is 118 Å². The van der Waals surface area contributed by atoms with Crippen LogP contribution in [0.1, 0.15) is 38.5 Å². The fourth-order valence-corrected chi connectivity index (χ4v) is 1.62. The molecule has 0 bridgehead atoms. The molecule has 0 atom stereocenters. The zero-order chi connectivity index (χ0) is 14.0. The van der Waals surface area contributed by atoms with Gasteiger partial charge in [0.05, 0.1) is 6.61 Å². The van der Waals surface area contributed by atoms with E-state index in [9.17, 15) is 0 Å². The summed E-state index contributed by atoms with van der Waals surface area (Å²) in [5, 5.41) is 0. The Hall–Kier alpha value is -0.900. The van der Waals surface area contributed by atoms with Crippen molar-refractivity contribution in [2.24, 2.45) is 0 Å². The summed E-state index contributed by atoms with van der Waals surface area (Å²) in [7, 11) is 1.90. The van der Waals surface area contributed by atoms with Gasteiger partial charge in [-0.2, -0.15) is 0 Å². The highest BCUT2D eigenvalue weighted by Gasteiger charge is 1.90. The largest absolute Gasteiger partial charge is 0.381 e. The molecule has 3 heteroatoms. The molecule has 3 nitrogen and oxygen atoms in total. The molecule has 19 heavy (non-hydrogen) atoms. The van der Waals surface area contributed by atoms with Crippen molar-refractivity contribution in [1.29, 1.82) is 0 Å². The third-order valence-electron chi connectivity index (χ3n) is 2.66. The van der Waals surface area contributed by atoms with Crippen molar-refractivity contribution < 1.29 is 4.74 Å². The average molecular weight is 266 g/mol. The summed E-state index contributed by atoms with van der Waals surface area (Å²) in [6.45, 7) is 6.40. The minimum Gasteiger partial charge on any atom is -0.381 e. The molecular formula is C16H30N2O. The number of allylic oxidation sites excluding steroid dienone is 4. The minimum atomic E-state index is 0.836. The van der Waals surface area contributed by atoms with Crippen molar-refractivity contribution in [3.05, 3.63) is 37.0 Å². The molecule has 0 spiro atoms. The SMILES string of the molecule is C=C/C=C\C/C=C\CCOCCCCCCNNC. The lowest BCUT2D eigenvalue weighted by Crippen LogP contribution is -2.28. The van der Waals surface area contributed by atoms with E-state index in [0.29, 0.717) is 0 Å². The van der Waals surface area contributed by atoms with Crippen LogP contribution in [0.4, 0.5) is 0 Å². The molecule has 0 saturated heterocycles. The topological polar surface area (TPSA) is 33.3 Å². The molecule has 0 aliphatic rings. The molecule has 0 aromatic rings. The lowest BCUT2D eigenvalue weighted by atomic mass is 10.2. The predicted octanol–water partition coefficient (Wildman–Crippen LogP) is 3.37. The molecule has 110 valence electrons. The highest BCUT2D eigenvalue weighted by Crippen LogP contribution is 1.99. The van der Waals surface area contributed by atoms with Crippen LogP contribution in [0.15, 0.2) is 37.0 Å². The van der Waals surface area contributed by atoms with Crippen molar-refractivity contribution >= 4 is 0 Å². The van der Waals surface area contributed by atoms with Crippen molar-refractivity contribution in [2.75, 3.05) is 26.8 Å². The van der Waals surface area contributed by atoms with Gasteiger partial charge in [-0.1, -0.05) is 49.8 Å². The van der Waals surface area contributed by atoms with E-state index in [1.807, 2.05) is 13.1 Å². The normalized spacial score (nSPS) is 11.6. The summed E-state index contributed by atoms with van der Waals surface area (Å²) in [6, 6.07) is 0. The van der Waals surface area contributed by atoms with Crippen LogP contribution in [-0.4, -0.2) is 26.8 Å². The second-order valence-electron chi connectivity index (χ2n) is 4.36. The molecule has 0 radical (unpaired) electrons.